The molecule has 0 aromatic rings. The number of carbonyl (C=O) groups excluding carboxylic acids is 1. The van der Waals surface area contributed by atoms with E-state index in [-0.39, 0.29) is 12.2 Å². The summed E-state index contributed by atoms with van der Waals surface area (Å²) < 4.78 is 4.98. The molecule has 0 spiro atoms. The molecule has 0 saturated heterocycles. The minimum Gasteiger partial charge on any atom is -0.443 e. The van der Waals surface area contributed by atoms with Crippen LogP contribution in [0.2, 0.25) is 0 Å². The van der Waals surface area contributed by atoms with E-state index in [2.05, 4.69) is 6.58 Å². The van der Waals surface area contributed by atoms with Crippen molar-refractivity contribution in [2.24, 2.45) is 0 Å². The van der Waals surface area contributed by atoms with E-state index in [1.807, 2.05) is 25.9 Å². The van der Waals surface area contributed by atoms with Gasteiger partial charge in [0.25, 0.3) is 0 Å². The van der Waals surface area contributed by atoms with Crippen molar-refractivity contribution in [2.75, 3.05) is 14.1 Å². The number of hydrogen-bond donors (Lipinski definition) is 0. The third-order valence-corrected chi connectivity index (χ3v) is 1.34. The molecule has 0 amide bonds. The molecule has 0 bridgehead atoms. The molecule has 0 N–H and O–H groups in total. The van der Waals surface area contributed by atoms with E-state index in [1.165, 1.54) is 6.08 Å². The lowest BCUT2D eigenvalue weighted by molar-refractivity contribution is -0.150. The first-order valence-electron chi connectivity index (χ1n) is 3.61. The van der Waals surface area contributed by atoms with Crippen LogP contribution in [0.1, 0.15) is 13.3 Å². The van der Waals surface area contributed by atoms with Gasteiger partial charge in [0, 0.05) is 6.08 Å². The first-order chi connectivity index (χ1) is 5.11. The van der Waals surface area contributed by atoms with Crippen molar-refractivity contribution in [1.29, 1.82) is 0 Å². The number of hydrogen-bond acceptors (Lipinski definition) is 3. The van der Waals surface area contributed by atoms with Crippen molar-refractivity contribution in [3.8, 4) is 0 Å². The maximum Gasteiger partial charge on any atom is 0.331 e. The minimum atomic E-state index is -0.370. The van der Waals surface area contributed by atoms with Gasteiger partial charge in [-0.3, -0.25) is 4.90 Å². The molecule has 64 valence electrons. The highest BCUT2D eigenvalue weighted by Crippen LogP contribution is 2.00. The quantitative estimate of drug-likeness (QED) is 0.346. The summed E-state index contributed by atoms with van der Waals surface area (Å²) in [5.74, 6) is -0.370. The lowest BCUT2D eigenvalue weighted by Crippen LogP contribution is -2.31. The van der Waals surface area contributed by atoms with E-state index in [4.69, 9.17) is 4.74 Å². The summed E-state index contributed by atoms with van der Waals surface area (Å²) in [4.78, 5) is 12.6. The second-order valence-electron chi connectivity index (χ2n) is 2.47. The Kier molecular flexibility index (Phi) is 4.54. The highest BCUT2D eigenvalue weighted by molar-refractivity contribution is 5.81. The average Bonchev–Trinajstić information content (AvgIpc) is 1.99. The topological polar surface area (TPSA) is 29.5 Å². The molecule has 0 rings (SSSR count). The predicted molar refractivity (Wildman–Crippen MR) is 44.1 cm³/mol. The summed E-state index contributed by atoms with van der Waals surface area (Å²) in [6, 6.07) is 0. The van der Waals surface area contributed by atoms with Crippen molar-refractivity contribution in [1.82, 2.24) is 4.90 Å². The van der Waals surface area contributed by atoms with Gasteiger partial charge in [-0.25, -0.2) is 4.79 Å². The van der Waals surface area contributed by atoms with Crippen molar-refractivity contribution in [3.05, 3.63) is 12.7 Å². The summed E-state index contributed by atoms with van der Waals surface area (Å²) in [7, 11) is 3.73. The third-order valence-electron chi connectivity index (χ3n) is 1.34. The molecule has 3 nitrogen and oxygen atoms in total. The first-order valence-corrected chi connectivity index (χ1v) is 3.61. The lowest BCUT2D eigenvalue weighted by atomic mass is 10.4. The molecule has 0 fully saturated rings. The Bertz CT molecular complexity index is 143. The zero-order valence-corrected chi connectivity index (χ0v) is 7.33. The molecule has 0 aliphatic heterocycles. The molecule has 3 heteroatoms. The number of nitrogens with zero attached hydrogens (tertiary/aromatic N) is 1. The van der Waals surface area contributed by atoms with Gasteiger partial charge in [0.15, 0.2) is 6.23 Å². The van der Waals surface area contributed by atoms with Crippen molar-refractivity contribution in [3.63, 3.8) is 0 Å². The predicted octanol–water partition coefficient (Wildman–Crippen LogP) is 1.01. The first kappa shape index (κ1) is 10.2. The van der Waals surface area contributed by atoms with Crippen LogP contribution in [0.4, 0.5) is 0 Å². The lowest BCUT2D eigenvalue weighted by Gasteiger charge is -2.21. The zero-order chi connectivity index (χ0) is 8.85. The zero-order valence-electron chi connectivity index (χ0n) is 7.33. The maximum absolute atomic E-state index is 10.7. The van der Waals surface area contributed by atoms with E-state index in [9.17, 15) is 4.79 Å². The Labute approximate surface area is 67.6 Å². The van der Waals surface area contributed by atoms with Gasteiger partial charge >= 0.3 is 5.97 Å². The average molecular weight is 157 g/mol. The van der Waals surface area contributed by atoms with Crippen LogP contribution in [0.25, 0.3) is 0 Å². The molecule has 1 atom stereocenters. The van der Waals surface area contributed by atoms with Crippen LogP contribution in [0.15, 0.2) is 12.7 Å². The highest BCUT2D eigenvalue weighted by atomic mass is 16.6. The van der Waals surface area contributed by atoms with Crippen molar-refractivity contribution >= 4 is 5.97 Å². The van der Waals surface area contributed by atoms with E-state index in [0.717, 1.165) is 6.42 Å². The Morgan fingerprint density at radius 1 is 1.73 bits per heavy atom. The van der Waals surface area contributed by atoms with Gasteiger partial charge < -0.3 is 4.74 Å². The van der Waals surface area contributed by atoms with Gasteiger partial charge in [0.1, 0.15) is 0 Å². The molecule has 0 aromatic carbocycles. The largest absolute Gasteiger partial charge is 0.443 e. The van der Waals surface area contributed by atoms with E-state index < -0.39 is 0 Å². The molecule has 0 aromatic heterocycles. The van der Waals surface area contributed by atoms with E-state index in [0.29, 0.717) is 0 Å². The Hall–Kier alpha value is -0.830. The van der Waals surface area contributed by atoms with Gasteiger partial charge in [-0.15, -0.1) is 0 Å². The summed E-state index contributed by atoms with van der Waals surface area (Å²) in [5.41, 5.74) is 0. The second kappa shape index (κ2) is 4.91. The smallest absolute Gasteiger partial charge is 0.331 e. The molecule has 1 unspecified atom stereocenters. The van der Waals surface area contributed by atoms with E-state index in [1.54, 1.807) is 0 Å². The molecular weight excluding hydrogens is 142 g/mol. The Morgan fingerprint density at radius 2 is 2.27 bits per heavy atom. The highest BCUT2D eigenvalue weighted by Gasteiger charge is 2.11. The van der Waals surface area contributed by atoms with Crippen LogP contribution in [-0.4, -0.2) is 31.2 Å². The molecular formula is C8H15NO2. The van der Waals surface area contributed by atoms with Gasteiger partial charge in [0.05, 0.1) is 0 Å². The normalized spacial score (nSPS) is 12.7. The van der Waals surface area contributed by atoms with Crippen LogP contribution in [-0.2, 0) is 9.53 Å². The summed E-state index contributed by atoms with van der Waals surface area (Å²) >= 11 is 0. The van der Waals surface area contributed by atoms with Crippen LogP contribution >= 0.6 is 0 Å². The molecule has 0 radical (unpaired) electrons. The molecule has 11 heavy (non-hydrogen) atoms. The van der Waals surface area contributed by atoms with Crippen molar-refractivity contribution in [2.45, 2.75) is 19.6 Å². The monoisotopic (exact) mass is 157 g/mol. The van der Waals surface area contributed by atoms with E-state index >= 15 is 0 Å². The number of esters is 1. The number of ether oxygens (including phenoxy) is 1. The van der Waals surface area contributed by atoms with Gasteiger partial charge in [-0.2, -0.15) is 0 Å². The molecule has 0 saturated carbocycles. The van der Waals surface area contributed by atoms with Crippen LogP contribution < -0.4 is 0 Å². The summed E-state index contributed by atoms with van der Waals surface area (Å²) in [5, 5.41) is 0. The van der Waals surface area contributed by atoms with Crippen molar-refractivity contribution < 1.29 is 9.53 Å². The summed E-state index contributed by atoms with van der Waals surface area (Å²) in [6.07, 6.45) is 1.82. The Balaban J connectivity index is 3.87. The van der Waals surface area contributed by atoms with Crippen LogP contribution in [0.5, 0.6) is 0 Å². The number of rotatable bonds is 4. The molecule has 0 aliphatic carbocycles. The van der Waals surface area contributed by atoms with Crippen LogP contribution in [0.3, 0.4) is 0 Å². The van der Waals surface area contributed by atoms with Gasteiger partial charge in [-0.05, 0) is 20.5 Å². The fourth-order valence-corrected chi connectivity index (χ4v) is 0.736. The standard InChI is InChI=1S/C8H15NO2/c1-5-7(9(3)4)11-8(10)6-2/h6-7H,2,5H2,1,3-4H3. The minimum absolute atomic E-state index is 0.138. The molecule has 0 aliphatic rings. The third kappa shape index (κ3) is 3.78. The second-order valence-corrected chi connectivity index (χ2v) is 2.47. The fraction of sp³-hybridized carbons (Fsp3) is 0.625. The molecule has 0 heterocycles. The summed E-state index contributed by atoms with van der Waals surface area (Å²) in [6.45, 7) is 5.27. The number of carbonyl (C=O) groups is 1. The SMILES string of the molecule is C=CC(=O)OC(CC)N(C)C. The fourth-order valence-electron chi connectivity index (χ4n) is 0.736. The van der Waals surface area contributed by atoms with Gasteiger partial charge in [-0.1, -0.05) is 13.5 Å². The van der Waals surface area contributed by atoms with Gasteiger partial charge in [0.2, 0.25) is 0 Å². The maximum atomic E-state index is 10.7. The Morgan fingerprint density at radius 3 is 2.55 bits per heavy atom. The van der Waals surface area contributed by atoms with Crippen LogP contribution in [0, 0.1) is 0 Å².